The van der Waals surface area contributed by atoms with Crippen molar-refractivity contribution >= 4 is 24.2 Å². The maximum atomic E-state index is 12.8. The summed E-state index contributed by atoms with van der Waals surface area (Å²) in [5.74, 6) is -0.126. The van der Waals surface area contributed by atoms with Gasteiger partial charge >= 0.3 is 6.09 Å². The Morgan fingerprint density at radius 1 is 1.19 bits per heavy atom. The highest BCUT2D eigenvalue weighted by molar-refractivity contribution is 5.90. The van der Waals surface area contributed by atoms with Gasteiger partial charge in [0.25, 0.3) is 6.47 Å². The molecule has 2 aliphatic rings. The van der Waals surface area contributed by atoms with E-state index in [1.807, 2.05) is 44.2 Å². The van der Waals surface area contributed by atoms with Gasteiger partial charge in [0, 0.05) is 13.5 Å². The van der Waals surface area contributed by atoms with E-state index in [-0.39, 0.29) is 44.2 Å². The summed E-state index contributed by atoms with van der Waals surface area (Å²) in [6, 6.07) is 14.8. The number of hydrogen-bond acceptors (Lipinski definition) is 11. The first-order valence-corrected chi connectivity index (χ1v) is 14.0. The molecule has 2 aliphatic heterocycles. The average Bonchev–Trinajstić information content (AvgIpc) is 2.97. The van der Waals surface area contributed by atoms with E-state index in [1.165, 1.54) is 11.8 Å². The summed E-state index contributed by atoms with van der Waals surface area (Å²) in [6.07, 6.45) is -3.91. The fourth-order valence-corrected chi connectivity index (χ4v) is 4.74. The van der Waals surface area contributed by atoms with E-state index in [9.17, 15) is 19.5 Å². The van der Waals surface area contributed by atoms with Gasteiger partial charge in [-0.3, -0.25) is 14.5 Å². The van der Waals surface area contributed by atoms with Crippen molar-refractivity contribution in [2.45, 2.75) is 77.0 Å². The third kappa shape index (κ3) is 8.00. The van der Waals surface area contributed by atoms with E-state index in [1.54, 1.807) is 25.1 Å². The van der Waals surface area contributed by atoms with E-state index >= 15 is 0 Å². The quantitative estimate of drug-likeness (QED) is 0.187. The Morgan fingerprint density at radius 3 is 2.60 bits per heavy atom. The van der Waals surface area contributed by atoms with E-state index in [0.29, 0.717) is 24.2 Å². The number of nitrogens with zero attached hydrogens (tertiary/aromatic N) is 1. The Balaban J connectivity index is 1.37. The molecule has 13 nitrogen and oxygen atoms in total. The van der Waals surface area contributed by atoms with Crippen LogP contribution >= 0.6 is 0 Å². The van der Waals surface area contributed by atoms with Gasteiger partial charge in [0.2, 0.25) is 12.2 Å². The molecule has 2 aromatic rings. The largest absolute Gasteiger partial charge is 0.465 e. The van der Waals surface area contributed by atoms with Crippen molar-refractivity contribution in [2.75, 3.05) is 25.2 Å². The van der Waals surface area contributed by atoms with E-state index in [4.69, 9.17) is 33.5 Å². The zero-order valence-electron chi connectivity index (χ0n) is 24.6. The molecule has 2 aromatic carbocycles. The van der Waals surface area contributed by atoms with E-state index in [0.717, 1.165) is 5.56 Å². The van der Waals surface area contributed by atoms with Crippen LogP contribution in [0.5, 0.6) is 5.75 Å². The summed E-state index contributed by atoms with van der Waals surface area (Å²) >= 11 is 0. The zero-order valence-corrected chi connectivity index (χ0v) is 24.6. The number of fused-ring (bicyclic) bond motifs is 1. The zero-order chi connectivity index (χ0) is 31.0. The molecule has 2 N–H and O–H groups in total. The molecule has 0 bridgehead atoms. The predicted molar refractivity (Wildman–Crippen MR) is 151 cm³/mol. The lowest BCUT2D eigenvalue weighted by Gasteiger charge is -2.54. The Labute approximate surface area is 249 Å². The molecule has 4 rings (SSSR count). The van der Waals surface area contributed by atoms with Crippen molar-refractivity contribution in [1.82, 2.24) is 4.90 Å². The first-order chi connectivity index (χ1) is 20.6. The Bertz CT molecular complexity index is 1250. The second kappa shape index (κ2) is 14.6. The lowest BCUT2D eigenvalue weighted by molar-refractivity contribution is -0.561. The summed E-state index contributed by atoms with van der Waals surface area (Å²) in [5, 5.41) is 13.3. The standard InChI is InChI=1S/C30H38N2O11/c1-5-32(17-39-19(2)13-21-9-7-6-8-10-21)29(36)38-15-22-11-12-24(23(14-22)31-20(3)34)40-28-27-30(4,43-42-27)26(35)25(41-28)16-37-18-33/h6-12,14,18-19,25-28,35H,5,13,15-17H2,1-4H3,(H,31,34). The van der Waals surface area contributed by atoms with Crippen LogP contribution in [0.4, 0.5) is 10.5 Å². The second-order valence-corrected chi connectivity index (χ2v) is 10.5. The number of hydrogen-bond donors (Lipinski definition) is 2. The molecule has 43 heavy (non-hydrogen) atoms. The highest BCUT2D eigenvalue weighted by Crippen LogP contribution is 2.43. The number of anilines is 1. The number of ether oxygens (including phenoxy) is 5. The van der Waals surface area contributed by atoms with Gasteiger partial charge < -0.3 is 34.1 Å². The van der Waals surface area contributed by atoms with E-state index in [2.05, 4.69) is 5.32 Å². The number of rotatable bonds is 14. The molecule has 2 amide bonds. The molecule has 2 fully saturated rings. The molecule has 6 atom stereocenters. The van der Waals surface area contributed by atoms with Crippen LogP contribution in [0.25, 0.3) is 0 Å². The van der Waals surface area contributed by atoms with Crippen LogP contribution < -0.4 is 10.1 Å². The normalized spacial score (nSPS) is 25.0. The van der Waals surface area contributed by atoms with Crippen molar-refractivity contribution < 1.29 is 52.9 Å². The predicted octanol–water partition coefficient (Wildman–Crippen LogP) is 2.94. The van der Waals surface area contributed by atoms with Gasteiger partial charge in [0.05, 0.1) is 11.8 Å². The number of nitrogens with one attached hydrogen (secondary N) is 1. The molecule has 0 radical (unpaired) electrons. The Kier molecular flexibility index (Phi) is 10.9. The number of carbonyl (C=O) groups is 3. The van der Waals surface area contributed by atoms with Crippen LogP contribution in [-0.2, 0) is 51.3 Å². The van der Waals surface area contributed by atoms with Crippen molar-refractivity contribution in [3.63, 3.8) is 0 Å². The third-order valence-corrected chi connectivity index (χ3v) is 7.20. The molecule has 0 saturated carbocycles. The van der Waals surface area contributed by atoms with Crippen LogP contribution in [0.1, 0.15) is 38.8 Å². The first-order valence-electron chi connectivity index (χ1n) is 14.0. The molecule has 6 unspecified atom stereocenters. The van der Waals surface area contributed by atoms with Gasteiger partial charge in [0.15, 0.2) is 11.7 Å². The topological polar surface area (TPSA) is 151 Å². The van der Waals surface area contributed by atoms with Crippen molar-refractivity contribution in [2.24, 2.45) is 0 Å². The highest BCUT2D eigenvalue weighted by atomic mass is 17.3. The van der Waals surface area contributed by atoms with Gasteiger partial charge in [0.1, 0.15) is 37.9 Å². The highest BCUT2D eigenvalue weighted by Gasteiger charge is 2.64. The van der Waals surface area contributed by atoms with Crippen LogP contribution in [0.3, 0.4) is 0 Å². The van der Waals surface area contributed by atoms with Crippen LogP contribution in [0.2, 0.25) is 0 Å². The fourth-order valence-electron chi connectivity index (χ4n) is 4.74. The monoisotopic (exact) mass is 602 g/mol. The molecule has 0 spiro atoms. The van der Waals surface area contributed by atoms with Crippen molar-refractivity contribution in [3.05, 3.63) is 59.7 Å². The molecule has 13 heteroatoms. The molecular formula is C30H38N2O11. The van der Waals surface area contributed by atoms with Gasteiger partial charge in [-0.1, -0.05) is 36.4 Å². The van der Waals surface area contributed by atoms with Crippen LogP contribution in [0.15, 0.2) is 48.5 Å². The lowest BCUT2D eigenvalue weighted by atomic mass is 9.84. The number of aliphatic hydroxyl groups is 1. The minimum Gasteiger partial charge on any atom is -0.465 e. The summed E-state index contributed by atoms with van der Waals surface area (Å²) in [5.41, 5.74) is 0.856. The molecule has 0 aliphatic carbocycles. The van der Waals surface area contributed by atoms with E-state index < -0.39 is 36.3 Å². The van der Waals surface area contributed by atoms with Crippen LogP contribution in [0, 0.1) is 0 Å². The fraction of sp³-hybridized carbons (Fsp3) is 0.500. The Hall–Kier alpha value is -3.75. The summed E-state index contributed by atoms with van der Waals surface area (Å²) in [7, 11) is 0. The summed E-state index contributed by atoms with van der Waals surface area (Å²) in [6.45, 7) is 7.16. The van der Waals surface area contributed by atoms with Gasteiger partial charge in [-0.05, 0) is 50.5 Å². The maximum absolute atomic E-state index is 12.8. The minimum atomic E-state index is -1.17. The number of amides is 2. The summed E-state index contributed by atoms with van der Waals surface area (Å²) in [4.78, 5) is 47.2. The molecule has 0 aromatic heterocycles. The number of aliphatic hydroxyl groups excluding tert-OH is 1. The average molecular weight is 603 g/mol. The van der Waals surface area contributed by atoms with Crippen molar-refractivity contribution in [3.8, 4) is 5.75 Å². The molecule has 234 valence electrons. The number of carbonyl (C=O) groups excluding carboxylic acids is 3. The number of benzene rings is 2. The second-order valence-electron chi connectivity index (χ2n) is 10.5. The Morgan fingerprint density at radius 2 is 1.95 bits per heavy atom. The maximum Gasteiger partial charge on any atom is 0.411 e. The lowest BCUT2D eigenvalue weighted by Crippen LogP contribution is -2.74. The minimum absolute atomic E-state index is 0.0728. The smallest absolute Gasteiger partial charge is 0.411 e. The van der Waals surface area contributed by atoms with Gasteiger partial charge in [-0.15, -0.1) is 0 Å². The molecular weight excluding hydrogens is 564 g/mol. The molecule has 2 saturated heterocycles. The summed E-state index contributed by atoms with van der Waals surface area (Å²) < 4.78 is 28.1. The van der Waals surface area contributed by atoms with Gasteiger partial charge in [-0.2, -0.15) is 0 Å². The van der Waals surface area contributed by atoms with Crippen LogP contribution in [-0.4, -0.2) is 84.7 Å². The third-order valence-electron chi connectivity index (χ3n) is 7.20. The van der Waals surface area contributed by atoms with Gasteiger partial charge in [-0.25, -0.2) is 14.6 Å². The first kappa shape index (κ1) is 32.2. The SMILES string of the molecule is CCN(COC(C)Cc1ccccc1)C(=O)OCc1ccc(OC2OC(COC=O)C(O)C3(C)OOC23)c(NC(C)=O)c1. The molecule has 2 heterocycles. The van der Waals surface area contributed by atoms with Crippen molar-refractivity contribution in [1.29, 1.82) is 0 Å².